The summed E-state index contributed by atoms with van der Waals surface area (Å²) in [7, 11) is 0. The first-order chi connectivity index (χ1) is 5.65. The average molecular weight is 176 g/mol. The molecule has 66 valence electrons. The molecule has 1 aromatic carbocycles. The van der Waals surface area contributed by atoms with Crippen molar-refractivity contribution in [2.75, 3.05) is 6.61 Å². The molecule has 0 saturated heterocycles. The molecule has 0 aliphatic rings. The monoisotopic (exact) mass is 176 g/mol. The Hall–Kier alpha value is -1.03. The highest BCUT2D eigenvalue weighted by Gasteiger charge is 2.08. The summed E-state index contributed by atoms with van der Waals surface area (Å²) in [6.45, 7) is -0.290. The van der Waals surface area contributed by atoms with Crippen LogP contribution < -0.4 is 0 Å². The van der Waals surface area contributed by atoms with Crippen LogP contribution >= 0.6 is 0 Å². The van der Waals surface area contributed by atoms with E-state index in [0.717, 1.165) is 6.07 Å². The van der Waals surface area contributed by atoms with Crippen LogP contribution in [0.25, 0.3) is 0 Å². The zero-order chi connectivity index (χ0) is 9.14. The number of rotatable bonds is 2. The van der Waals surface area contributed by atoms with Crippen LogP contribution in [0.3, 0.4) is 0 Å². The highest BCUT2D eigenvalue weighted by Crippen LogP contribution is 2.13. The van der Waals surface area contributed by atoms with Crippen LogP contribution in [0.4, 0.5) is 13.2 Å². The van der Waals surface area contributed by atoms with Gasteiger partial charge in [0.25, 0.3) is 0 Å². The third-order valence-corrected chi connectivity index (χ3v) is 1.47. The molecule has 4 heteroatoms. The summed E-state index contributed by atoms with van der Waals surface area (Å²) in [5, 5.41) is 8.42. The number of halogens is 3. The van der Waals surface area contributed by atoms with Crippen molar-refractivity contribution >= 4 is 0 Å². The molecule has 0 saturated carbocycles. The fourth-order valence-corrected chi connectivity index (χ4v) is 0.876. The molecule has 0 heterocycles. The highest BCUT2D eigenvalue weighted by molar-refractivity contribution is 5.20. The molecule has 0 amide bonds. The van der Waals surface area contributed by atoms with Crippen LogP contribution in [-0.2, 0) is 6.42 Å². The van der Waals surface area contributed by atoms with Gasteiger partial charge in [0, 0.05) is 12.7 Å². The maximum absolute atomic E-state index is 12.7. The van der Waals surface area contributed by atoms with E-state index >= 15 is 0 Å². The molecular weight excluding hydrogens is 169 g/mol. The number of benzene rings is 1. The minimum Gasteiger partial charge on any atom is -0.396 e. The number of hydrogen-bond acceptors (Lipinski definition) is 1. The second-order valence-corrected chi connectivity index (χ2v) is 2.33. The third-order valence-electron chi connectivity index (χ3n) is 1.47. The topological polar surface area (TPSA) is 20.2 Å². The van der Waals surface area contributed by atoms with Crippen molar-refractivity contribution < 1.29 is 18.3 Å². The largest absolute Gasteiger partial charge is 0.396 e. The Bertz CT molecular complexity index is 286. The maximum atomic E-state index is 12.7. The zero-order valence-electron chi connectivity index (χ0n) is 6.15. The van der Waals surface area contributed by atoms with Crippen LogP contribution in [0.2, 0.25) is 0 Å². The fourth-order valence-electron chi connectivity index (χ4n) is 0.876. The number of hydrogen-bond donors (Lipinski definition) is 1. The first kappa shape index (κ1) is 9.06. The van der Waals surface area contributed by atoms with E-state index in [0.29, 0.717) is 6.07 Å². The standard InChI is InChI=1S/C8H7F3O/c9-6-4-8(11)7(10)3-5(6)1-2-12/h3-4,12H,1-2H2. The van der Waals surface area contributed by atoms with E-state index in [9.17, 15) is 13.2 Å². The molecular formula is C8H7F3O. The third kappa shape index (κ3) is 1.76. The van der Waals surface area contributed by atoms with Crippen molar-refractivity contribution in [3.8, 4) is 0 Å². The molecule has 0 fully saturated rings. The molecule has 12 heavy (non-hydrogen) atoms. The lowest BCUT2D eigenvalue weighted by molar-refractivity contribution is 0.297. The van der Waals surface area contributed by atoms with Gasteiger partial charge >= 0.3 is 0 Å². The Morgan fingerprint density at radius 1 is 1.00 bits per heavy atom. The molecule has 0 unspecified atom stereocenters. The van der Waals surface area contributed by atoms with Gasteiger partial charge in [0.1, 0.15) is 5.82 Å². The lowest BCUT2D eigenvalue weighted by atomic mass is 10.1. The number of aliphatic hydroxyl groups excluding tert-OH is 1. The zero-order valence-corrected chi connectivity index (χ0v) is 6.15. The molecule has 0 atom stereocenters. The molecule has 1 nitrogen and oxygen atoms in total. The van der Waals surface area contributed by atoms with Gasteiger partial charge in [-0.3, -0.25) is 0 Å². The maximum Gasteiger partial charge on any atom is 0.161 e. The van der Waals surface area contributed by atoms with Crippen LogP contribution in [0.15, 0.2) is 12.1 Å². The van der Waals surface area contributed by atoms with Gasteiger partial charge in [0.15, 0.2) is 11.6 Å². The van der Waals surface area contributed by atoms with Gasteiger partial charge in [0.05, 0.1) is 0 Å². The molecule has 1 N–H and O–H groups in total. The van der Waals surface area contributed by atoms with E-state index in [1.807, 2.05) is 0 Å². The van der Waals surface area contributed by atoms with E-state index in [1.54, 1.807) is 0 Å². The second-order valence-electron chi connectivity index (χ2n) is 2.33. The predicted molar refractivity (Wildman–Crippen MR) is 37.1 cm³/mol. The van der Waals surface area contributed by atoms with Gasteiger partial charge in [-0.1, -0.05) is 0 Å². The van der Waals surface area contributed by atoms with E-state index in [1.165, 1.54) is 0 Å². The van der Waals surface area contributed by atoms with Crippen molar-refractivity contribution in [3.63, 3.8) is 0 Å². The fraction of sp³-hybridized carbons (Fsp3) is 0.250. The Morgan fingerprint density at radius 3 is 2.17 bits per heavy atom. The summed E-state index contributed by atoms with van der Waals surface area (Å²) >= 11 is 0. The van der Waals surface area contributed by atoms with Crippen LogP contribution in [-0.4, -0.2) is 11.7 Å². The Morgan fingerprint density at radius 2 is 1.58 bits per heavy atom. The Kier molecular flexibility index (Phi) is 2.70. The molecule has 1 rings (SSSR count). The van der Waals surface area contributed by atoms with Gasteiger partial charge in [-0.15, -0.1) is 0 Å². The second kappa shape index (κ2) is 3.58. The van der Waals surface area contributed by atoms with Gasteiger partial charge in [-0.2, -0.15) is 0 Å². The lowest BCUT2D eigenvalue weighted by Gasteiger charge is -2.00. The Labute approximate surface area is 67.5 Å². The van der Waals surface area contributed by atoms with Gasteiger partial charge in [0.2, 0.25) is 0 Å². The van der Waals surface area contributed by atoms with Crippen molar-refractivity contribution in [1.29, 1.82) is 0 Å². The van der Waals surface area contributed by atoms with Crippen molar-refractivity contribution in [2.45, 2.75) is 6.42 Å². The van der Waals surface area contributed by atoms with Crippen molar-refractivity contribution in [3.05, 3.63) is 35.1 Å². The first-order valence-electron chi connectivity index (χ1n) is 3.39. The molecule has 0 spiro atoms. The van der Waals surface area contributed by atoms with Crippen LogP contribution in [0.5, 0.6) is 0 Å². The lowest BCUT2D eigenvalue weighted by Crippen LogP contribution is -1.98. The summed E-state index contributed by atoms with van der Waals surface area (Å²) in [5.74, 6) is -3.14. The van der Waals surface area contributed by atoms with E-state index in [-0.39, 0.29) is 18.6 Å². The minimum absolute atomic E-state index is 0.0109. The molecule has 0 aromatic heterocycles. The van der Waals surface area contributed by atoms with Crippen molar-refractivity contribution in [1.82, 2.24) is 0 Å². The SMILES string of the molecule is OCCc1cc(F)c(F)cc1F. The van der Waals surface area contributed by atoms with Crippen molar-refractivity contribution in [2.24, 2.45) is 0 Å². The average Bonchev–Trinajstić information content (AvgIpc) is 2.01. The molecule has 0 aliphatic carbocycles. The summed E-state index contributed by atoms with van der Waals surface area (Å²) in [6.07, 6.45) is -0.0109. The molecule has 0 bridgehead atoms. The van der Waals surface area contributed by atoms with E-state index in [2.05, 4.69) is 0 Å². The van der Waals surface area contributed by atoms with E-state index in [4.69, 9.17) is 5.11 Å². The quantitative estimate of drug-likeness (QED) is 0.679. The predicted octanol–water partition coefficient (Wildman–Crippen LogP) is 1.64. The van der Waals surface area contributed by atoms with Gasteiger partial charge in [-0.25, -0.2) is 13.2 Å². The molecule has 0 aliphatic heterocycles. The molecule has 1 aromatic rings. The number of aliphatic hydroxyl groups is 1. The first-order valence-corrected chi connectivity index (χ1v) is 3.39. The summed E-state index contributed by atoms with van der Waals surface area (Å²) < 4.78 is 37.5. The summed E-state index contributed by atoms with van der Waals surface area (Å²) in [6, 6.07) is 1.22. The van der Waals surface area contributed by atoms with Gasteiger partial charge in [-0.05, 0) is 18.1 Å². The Balaban J connectivity index is 3.05. The smallest absolute Gasteiger partial charge is 0.161 e. The van der Waals surface area contributed by atoms with Crippen LogP contribution in [0.1, 0.15) is 5.56 Å². The van der Waals surface area contributed by atoms with E-state index < -0.39 is 17.5 Å². The molecule has 0 radical (unpaired) electrons. The summed E-state index contributed by atoms with van der Waals surface area (Å²) in [4.78, 5) is 0. The normalized spacial score (nSPS) is 10.3. The minimum atomic E-state index is -1.21. The summed E-state index contributed by atoms with van der Waals surface area (Å²) in [5.41, 5.74) is -0.0172. The van der Waals surface area contributed by atoms with Gasteiger partial charge < -0.3 is 5.11 Å². The highest BCUT2D eigenvalue weighted by atomic mass is 19.2. The van der Waals surface area contributed by atoms with Crippen LogP contribution in [0, 0.1) is 17.5 Å².